The fraction of sp³-hybridized carbons (Fsp3) is 0.389. The number of carbonyl (C=O) groups excluding carboxylic acids is 1. The van der Waals surface area contributed by atoms with Gasteiger partial charge in [-0.3, -0.25) is 4.79 Å². The van der Waals surface area contributed by atoms with Crippen LogP contribution in [0.5, 0.6) is 0 Å². The Morgan fingerprint density at radius 2 is 1.82 bits per heavy atom. The molecular weight excluding hydrogens is 276 g/mol. The molecule has 0 aliphatic rings. The molecule has 0 bridgehead atoms. The van der Waals surface area contributed by atoms with Gasteiger partial charge in [0.1, 0.15) is 6.04 Å². The molecule has 3 N–H and O–H groups in total. The molecule has 0 aliphatic carbocycles. The predicted octanol–water partition coefficient (Wildman–Crippen LogP) is 2.86. The van der Waals surface area contributed by atoms with E-state index in [1.165, 1.54) is 5.56 Å². The number of amides is 1. The highest BCUT2D eigenvalue weighted by atomic mass is 16.3. The van der Waals surface area contributed by atoms with Gasteiger partial charge < -0.3 is 15.1 Å². The zero-order valence-electron chi connectivity index (χ0n) is 13.9. The van der Waals surface area contributed by atoms with Crippen LogP contribution in [-0.2, 0) is 4.79 Å². The van der Waals surface area contributed by atoms with Crippen LogP contribution in [0.2, 0.25) is 0 Å². The summed E-state index contributed by atoms with van der Waals surface area (Å²) in [6.45, 7) is 10.1. The summed E-state index contributed by atoms with van der Waals surface area (Å²) in [5.74, 6) is 0.885. The second kappa shape index (κ2) is 6.79. The van der Waals surface area contributed by atoms with Crippen LogP contribution in [0.25, 0.3) is 0 Å². The molecule has 0 unspecified atom stereocenters. The fourth-order valence-corrected chi connectivity index (χ4v) is 2.78. The molecule has 0 radical (unpaired) electrons. The zero-order chi connectivity index (χ0) is 16.3. The Morgan fingerprint density at radius 3 is 2.36 bits per heavy atom. The lowest BCUT2D eigenvalue weighted by molar-refractivity contribution is -0.711. The summed E-state index contributed by atoms with van der Waals surface area (Å²) in [6, 6.07) is 7.88. The normalized spacial score (nSPS) is 13.7. The molecule has 0 fully saturated rings. The van der Waals surface area contributed by atoms with Crippen LogP contribution in [0, 0.1) is 20.8 Å². The molecule has 4 heteroatoms. The van der Waals surface area contributed by atoms with Gasteiger partial charge >= 0.3 is 0 Å². The van der Waals surface area contributed by atoms with Gasteiger partial charge in [0.15, 0.2) is 11.8 Å². The largest absolute Gasteiger partial charge is 0.463 e. The van der Waals surface area contributed by atoms with Crippen molar-refractivity contribution in [2.45, 2.75) is 46.7 Å². The van der Waals surface area contributed by atoms with Crippen LogP contribution >= 0.6 is 0 Å². The number of furan rings is 1. The van der Waals surface area contributed by atoms with E-state index in [-0.39, 0.29) is 18.0 Å². The maximum absolute atomic E-state index is 12.4. The highest BCUT2D eigenvalue weighted by Gasteiger charge is 2.22. The van der Waals surface area contributed by atoms with Crippen LogP contribution < -0.4 is 10.6 Å². The Labute approximate surface area is 131 Å². The molecule has 2 rings (SSSR count). The van der Waals surface area contributed by atoms with Crippen molar-refractivity contribution < 1.29 is 14.5 Å². The number of hydrogen-bond donors (Lipinski definition) is 2. The summed E-state index contributed by atoms with van der Waals surface area (Å²) in [5, 5.41) is 5.06. The van der Waals surface area contributed by atoms with Crippen molar-refractivity contribution in [2.24, 2.45) is 0 Å². The van der Waals surface area contributed by atoms with E-state index in [9.17, 15) is 4.79 Å². The first-order chi connectivity index (χ1) is 10.4. The number of nitrogens with one attached hydrogen (secondary N) is 1. The van der Waals surface area contributed by atoms with Crippen molar-refractivity contribution in [2.75, 3.05) is 5.32 Å². The molecule has 1 aromatic heterocycles. The number of benzene rings is 1. The maximum atomic E-state index is 12.4. The van der Waals surface area contributed by atoms with E-state index in [1.54, 1.807) is 6.26 Å². The number of rotatable bonds is 5. The molecule has 2 atom stereocenters. The van der Waals surface area contributed by atoms with Gasteiger partial charge in [-0.05, 0) is 57.9 Å². The first-order valence-corrected chi connectivity index (χ1v) is 7.65. The minimum Gasteiger partial charge on any atom is -0.463 e. The molecule has 0 spiro atoms. The van der Waals surface area contributed by atoms with E-state index >= 15 is 0 Å². The molecule has 0 saturated carbocycles. The molecule has 0 aliphatic heterocycles. The van der Waals surface area contributed by atoms with Crippen molar-refractivity contribution in [3.63, 3.8) is 0 Å². The standard InChI is InChI=1S/C18H24N2O2/c1-11-9-12(2)17(13(3)10-11)20-18(21)15(5)19-14(4)16-7-6-8-22-16/h6-10,14-15,19H,1-5H3,(H,20,21)/p+1/t14-,15+/m0/s1. The van der Waals surface area contributed by atoms with E-state index in [2.05, 4.69) is 24.4 Å². The van der Waals surface area contributed by atoms with Crippen LogP contribution in [0.3, 0.4) is 0 Å². The summed E-state index contributed by atoms with van der Waals surface area (Å²) >= 11 is 0. The maximum Gasteiger partial charge on any atom is 0.282 e. The van der Waals surface area contributed by atoms with Crippen LogP contribution in [-0.4, -0.2) is 11.9 Å². The third-order valence-electron chi connectivity index (χ3n) is 3.91. The van der Waals surface area contributed by atoms with E-state index in [0.717, 1.165) is 22.6 Å². The lowest BCUT2D eigenvalue weighted by Crippen LogP contribution is -2.91. The number of carbonyl (C=O) groups is 1. The molecule has 0 saturated heterocycles. The van der Waals surface area contributed by atoms with Crippen LogP contribution in [0.4, 0.5) is 5.69 Å². The average Bonchev–Trinajstić information content (AvgIpc) is 2.96. The number of hydrogen-bond acceptors (Lipinski definition) is 2. The van der Waals surface area contributed by atoms with Crippen molar-refractivity contribution >= 4 is 11.6 Å². The topological polar surface area (TPSA) is 58.9 Å². The van der Waals surface area contributed by atoms with Gasteiger partial charge in [-0.2, -0.15) is 0 Å². The average molecular weight is 301 g/mol. The number of anilines is 1. The molecule has 1 amide bonds. The third kappa shape index (κ3) is 3.77. The highest BCUT2D eigenvalue weighted by molar-refractivity contribution is 5.95. The van der Waals surface area contributed by atoms with E-state index in [0.29, 0.717) is 0 Å². The summed E-state index contributed by atoms with van der Waals surface area (Å²) in [4.78, 5) is 12.4. The fourth-order valence-electron chi connectivity index (χ4n) is 2.78. The Bertz CT molecular complexity index is 624. The third-order valence-corrected chi connectivity index (χ3v) is 3.91. The SMILES string of the molecule is Cc1cc(C)c(NC(=O)[C@@H](C)[NH2+][C@@H](C)c2ccco2)c(C)c1. The summed E-state index contributed by atoms with van der Waals surface area (Å²) < 4.78 is 5.38. The lowest BCUT2D eigenvalue weighted by atomic mass is 10.0. The Morgan fingerprint density at radius 1 is 1.18 bits per heavy atom. The second-order valence-electron chi connectivity index (χ2n) is 6.05. The number of nitrogens with two attached hydrogens (primary N) is 1. The van der Waals surface area contributed by atoms with E-state index < -0.39 is 0 Å². The molecule has 2 aromatic rings. The van der Waals surface area contributed by atoms with Gasteiger partial charge in [-0.15, -0.1) is 0 Å². The van der Waals surface area contributed by atoms with E-state index in [4.69, 9.17) is 4.42 Å². The number of aryl methyl sites for hydroxylation is 3. The molecule has 4 nitrogen and oxygen atoms in total. The minimum atomic E-state index is -0.194. The molecular formula is C18H25N2O2+. The first kappa shape index (κ1) is 16.3. The van der Waals surface area contributed by atoms with Crippen molar-refractivity contribution in [1.29, 1.82) is 0 Å². The summed E-state index contributed by atoms with van der Waals surface area (Å²) in [5.41, 5.74) is 4.31. The monoisotopic (exact) mass is 301 g/mol. The van der Waals surface area contributed by atoms with Gasteiger partial charge in [0.05, 0.1) is 6.26 Å². The van der Waals surface area contributed by atoms with Gasteiger partial charge in [0.2, 0.25) is 0 Å². The first-order valence-electron chi connectivity index (χ1n) is 7.65. The predicted molar refractivity (Wildman–Crippen MR) is 87.8 cm³/mol. The van der Waals surface area contributed by atoms with Gasteiger partial charge in [-0.1, -0.05) is 17.7 Å². The molecule has 22 heavy (non-hydrogen) atoms. The Balaban J connectivity index is 2.03. The minimum absolute atomic E-state index is 0.00783. The van der Waals surface area contributed by atoms with Gasteiger partial charge in [0, 0.05) is 5.69 Å². The molecule has 1 aromatic carbocycles. The summed E-state index contributed by atoms with van der Waals surface area (Å²) in [7, 11) is 0. The van der Waals surface area contributed by atoms with Crippen molar-refractivity contribution in [3.8, 4) is 0 Å². The summed E-state index contributed by atoms with van der Waals surface area (Å²) in [6.07, 6.45) is 1.66. The lowest BCUT2D eigenvalue weighted by Gasteiger charge is -2.17. The second-order valence-corrected chi connectivity index (χ2v) is 6.05. The van der Waals surface area contributed by atoms with Gasteiger partial charge in [0.25, 0.3) is 5.91 Å². The number of quaternary nitrogens is 1. The Kier molecular flexibility index (Phi) is 5.03. The van der Waals surface area contributed by atoms with Crippen LogP contribution in [0.1, 0.15) is 42.3 Å². The Hall–Kier alpha value is -2.07. The van der Waals surface area contributed by atoms with Gasteiger partial charge in [-0.25, -0.2) is 0 Å². The smallest absolute Gasteiger partial charge is 0.282 e. The van der Waals surface area contributed by atoms with Crippen LogP contribution in [0.15, 0.2) is 34.9 Å². The van der Waals surface area contributed by atoms with Crippen molar-refractivity contribution in [1.82, 2.24) is 0 Å². The van der Waals surface area contributed by atoms with Crippen molar-refractivity contribution in [3.05, 3.63) is 53.0 Å². The van der Waals surface area contributed by atoms with E-state index in [1.807, 2.05) is 45.1 Å². The molecule has 1 heterocycles. The zero-order valence-corrected chi connectivity index (χ0v) is 13.9. The quantitative estimate of drug-likeness (QED) is 0.892. The highest BCUT2D eigenvalue weighted by Crippen LogP contribution is 2.21. The molecule has 118 valence electrons.